The predicted octanol–water partition coefficient (Wildman–Crippen LogP) is 2.98. The molecule has 4 rings (SSSR count). The third-order valence-electron chi connectivity index (χ3n) is 6.12. The van der Waals surface area contributed by atoms with Crippen molar-refractivity contribution in [1.82, 2.24) is 9.88 Å². The highest BCUT2D eigenvalue weighted by atomic mass is 16.5. The summed E-state index contributed by atoms with van der Waals surface area (Å²) >= 11 is 0. The molecule has 2 N–H and O–H groups in total. The van der Waals surface area contributed by atoms with Crippen LogP contribution in [0.3, 0.4) is 0 Å². The quantitative estimate of drug-likeness (QED) is 0.593. The van der Waals surface area contributed by atoms with Gasteiger partial charge in [-0.1, -0.05) is 42.5 Å². The van der Waals surface area contributed by atoms with Crippen LogP contribution >= 0.6 is 0 Å². The summed E-state index contributed by atoms with van der Waals surface area (Å²) in [7, 11) is 1.55. The molecule has 1 unspecified atom stereocenters. The van der Waals surface area contributed by atoms with E-state index >= 15 is 0 Å². The molecular formula is C26H27N5O3. The summed E-state index contributed by atoms with van der Waals surface area (Å²) in [5.41, 5.74) is 4.02. The van der Waals surface area contributed by atoms with Crippen molar-refractivity contribution < 1.29 is 14.3 Å². The Morgan fingerprint density at radius 2 is 1.82 bits per heavy atom. The Hall–Kier alpha value is -4.25. The standard InChI is InChI=1S/C26H27N5O3/c1-17-18(2)31(14-19-9-5-4-6-10-19)25(20(17)13-27)29-24(32)16-30-15-23(26(33)28-3)34-22-12-8-7-11-21(22)30/h4-12,23H,14-16H2,1-3H3,(H,28,33)(H,29,32). The van der Waals surface area contributed by atoms with E-state index in [0.717, 1.165) is 22.5 Å². The highest BCUT2D eigenvalue weighted by molar-refractivity contribution is 5.95. The molecule has 0 aliphatic carbocycles. The molecule has 2 heterocycles. The molecular weight excluding hydrogens is 430 g/mol. The SMILES string of the molecule is CNC(=O)C1CN(CC(=O)Nc2c(C#N)c(C)c(C)n2Cc2ccccc2)c2ccccc2O1. The normalized spacial score (nSPS) is 14.5. The van der Waals surface area contributed by atoms with Gasteiger partial charge in [-0.2, -0.15) is 5.26 Å². The largest absolute Gasteiger partial charge is 0.477 e. The molecule has 1 aliphatic heterocycles. The highest BCUT2D eigenvalue weighted by Gasteiger charge is 2.31. The second kappa shape index (κ2) is 9.71. The van der Waals surface area contributed by atoms with Gasteiger partial charge in [0.15, 0.2) is 6.10 Å². The van der Waals surface area contributed by atoms with Crippen molar-refractivity contribution in [2.24, 2.45) is 0 Å². The van der Waals surface area contributed by atoms with E-state index in [2.05, 4.69) is 16.7 Å². The molecule has 1 aromatic heterocycles. The molecule has 2 aromatic carbocycles. The molecule has 0 saturated heterocycles. The minimum atomic E-state index is -0.728. The van der Waals surface area contributed by atoms with Gasteiger partial charge in [-0.05, 0) is 37.1 Å². The number of benzene rings is 2. The number of nitrogens with one attached hydrogen (secondary N) is 2. The number of ether oxygens (including phenoxy) is 1. The lowest BCUT2D eigenvalue weighted by Gasteiger charge is -2.35. The third-order valence-corrected chi connectivity index (χ3v) is 6.12. The maximum absolute atomic E-state index is 13.2. The minimum absolute atomic E-state index is 0.00729. The first-order chi connectivity index (χ1) is 16.4. The molecule has 3 aromatic rings. The van der Waals surface area contributed by atoms with Crippen molar-refractivity contribution in [1.29, 1.82) is 5.26 Å². The average Bonchev–Trinajstić information content (AvgIpc) is 3.07. The zero-order valence-corrected chi connectivity index (χ0v) is 19.5. The number of carbonyl (C=O) groups is 2. The van der Waals surface area contributed by atoms with Gasteiger partial charge in [0.1, 0.15) is 17.6 Å². The van der Waals surface area contributed by atoms with Crippen molar-refractivity contribution in [2.45, 2.75) is 26.5 Å². The van der Waals surface area contributed by atoms with E-state index in [9.17, 15) is 14.9 Å². The molecule has 0 bridgehead atoms. The fourth-order valence-corrected chi connectivity index (χ4v) is 4.19. The van der Waals surface area contributed by atoms with E-state index in [0.29, 0.717) is 23.7 Å². The number of hydrogen-bond acceptors (Lipinski definition) is 5. The molecule has 174 valence electrons. The number of amides is 2. The van der Waals surface area contributed by atoms with Gasteiger partial charge in [-0.25, -0.2) is 0 Å². The minimum Gasteiger partial charge on any atom is -0.477 e. The Morgan fingerprint density at radius 1 is 1.12 bits per heavy atom. The molecule has 2 amide bonds. The van der Waals surface area contributed by atoms with Crippen LogP contribution in [0.25, 0.3) is 0 Å². The average molecular weight is 458 g/mol. The van der Waals surface area contributed by atoms with Crippen LogP contribution in [0.5, 0.6) is 5.75 Å². The number of nitrogens with zero attached hydrogens (tertiary/aromatic N) is 3. The van der Waals surface area contributed by atoms with Gasteiger partial charge in [0, 0.05) is 19.3 Å². The molecule has 0 radical (unpaired) electrons. The van der Waals surface area contributed by atoms with Crippen molar-refractivity contribution in [2.75, 3.05) is 30.4 Å². The van der Waals surface area contributed by atoms with Crippen LogP contribution in [0.15, 0.2) is 54.6 Å². The van der Waals surface area contributed by atoms with Gasteiger partial charge < -0.3 is 24.8 Å². The lowest BCUT2D eigenvalue weighted by Crippen LogP contribution is -2.50. The lowest BCUT2D eigenvalue weighted by atomic mass is 10.1. The van der Waals surface area contributed by atoms with E-state index in [1.165, 1.54) is 0 Å². The van der Waals surface area contributed by atoms with Gasteiger partial charge >= 0.3 is 0 Å². The Bertz CT molecular complexity index is 1260. The van der Waals surface area contributed by atoms with Crippen LogP contribution < -0.4 is 20.3 Å². The molecule has 8 nitrogen and oxygen atoms in total. The number of para-hydroxylation sites is 2. The fraction of sp³-hybridized carbons (Fsp3) is 0.269. The first-order valence-corrected chi connectivity index (χ1v) is 11.1. The van der Waals surface area contributed by atoms with Crippen LogP contribution in [0.1, 0.15) is 22.4 Å². The molecule has 34 heavy (non-hydrogen) atoms. The van der Waals surface area contributed by atoms with Gasteiger partial charge in [0.05, 0.1) is 24.3 Å². The Labute approximate surface area is 198 Å². The van der Waals surface area contributed by atoms with Crippen molar-refractivity contribution >= 4 is 23.3 Å². The summed E-state index contributed by atoms with van der Waals surface area (Å²) in [5, 5.41) is 15.4. The summed E-state index contributed by atoms with van der Waals surface area (Å²) in [6, 6.07) is 19.5. The van der Waals surface area contributed by atoms with E-state index < -0.39 is 6.10 Å². The second-order valence-corrected chi connectivity index (χ2v) is 8.23. The zero-order chi connectivity index (χ0) is 24.2. The Morgan fingerprint density at radius 3 is 2.53 bits per heavy atom. The zero-order valence-electron chi connectivity index (χ0n) is 19.5. The van der Waals surface area contributed by atoms with Crippen molar-refractivity contribution in [3.63, 3.8) is 0 Å². The van der Waals surface area contributed by atoms with E-state index in [4.69, 9.17) is 4.74 Å². The molecule has 1 aliphatic rings. The smallest absolute Gasteiger partial charge is 0.262 e. The van der Waals surface area contributed by atoms with Crippen molar-refractivity contribution in [3.05, 3.63) is 77.0 Å². The van der Waals surface area contributed by atoms with E-state index in [1.807, 2.05) is 71.8 Å². The second-order valence-electron chi connectivity index (χ2n) is 8.23. The fourth-order valence-electron chi connectivity index (χ4n) is 4.19. The Kier molecular flexibility index (Phi) is 6.55. The number of likely N-dealkylation sites (N-methyl/N-ethyl adjacent to an activating group) is 1. The lowest BCUT2D eigenvalue weighted by molar-refractivity contribution is -0.127. The maximum Gasteiger partial charge on any atom is 0.262 e. The summed E-state index contributed by atoms with van der Waals surface area (Å²) in [4.78, 5) is 27.3. The molecule has 0 saturated carbocycles. The van der Waals surface area contributed by atoms with E-state index in [-0.39, 0.29) is 24.9 Å². The molecule has 0 fully saturated rings. The van der Waals surface area contributed by atoms with Crippen LogP contribution in [0.4, 0.5) is 11.5 Å². The number of anilines is 2. The van der Waals surface area contributed by atoms with Crippen LogP contribution in [0, 0.1) is 25.2 Å². The number of rotatable bonds is 6. The highest BCUT2D eigenvalue weighted by Crippen LogP contribution is 2.33. The number of nitriles is 1. The van der Waals surface area contributed by atoms with E-state index in [1.54, 1.807) is 13.1 Å². The number of fused-ring (bicyclic) bond motifs is 1. The number of carbonyl (C=O) groups excluding carboxylic acids is 2. The topological polar surface area (TPSA) is 99.4 Å². The summed E-state index contributed by atoms with van der Waals surface area (Å²) < 4.78 is 7.78. The van der Waals surface area contributed by atoms with Crippen LogP contribution in [-0.4, -0.2) is 42.6 Å². The van der Waals surface area contributed by atoms with Crippen LogP contribution in [0.2, 0.25) is 0 Å². The summed E-state index contributed by atoms with van der Waals surface area (Å²) in [5.74, 6) is 0.494. The Balaban J connectivity index is 1.60. The predicted molar refractivity (Wildman–Crippen MR) is 130 cm³/mol. The van der Waals surface area contributed by atoms with Crippen molar-refractivity contribution in [3.8, 4) is 11.8 Å². The number of hydrogen-bond donors (Lipinski definition) is 2. The maximum atomic E-state index is 13.2. The molecule has 0 spiro atoms. The third kappa shape index (κ3) is 4.46. The van der Waals surface area contributed by atoms with Gasteiger partial charge in [0.2, 0.25) is 5.91 Å². The van der Waals surface area contributed by atoms with Gasteiger partial charge in [-0.3, -0.25) is 9.59 Å². The van der Waals surface area contributed by atoms with Gasteiger partial charge in [-0.15, -0.1) is 0 Å². The van der Waals surface area contributed by atoms with Crippen LogP contribution in [-0.2, 0) is 16.1 Å². The summed E-state index contributed by atoms with van der Waals surface area (Å²) in [6.45, 7) is 4.60. The summed E-state index contributed by atoms with van der Waals surface area (Å²) in [6.07, 6.45) is -0.728. The monoisotopic (exact) mass is 457 g/mol. The van der Waals surface area contributed by atoms with Gasteiger partial charge in [0.25, 0.3) is 5.91 Å². The molecule has 8 heteroatoms. The molecule has 1 atom stereocenters. The first kappa shape index (κ1) is 22.9. The first-order valence-electron chi connectivity index (χ1n) is 11.1. The number of aromatic nitrogens is 1.